The highest BCUT2D eigenvalue weighted by molar-refractivity contribution is 9.10. The average Bonchev–Trinajstić information content (AvgIpc) is 2.96. The van der Waals surface area contributed by atoms with Crippen molar-refractivity contribution >= 4 is 15.9 Å². The van der Waals surface area contributed by atoms with Crippen LogP contribution >= 0.6 is 15.9 Å². The second-order valence-electron chi connectivity index (χ2n) is 5.39. The molecule has 3 rings (SSSR count). The molecule has 106 valence electrons. The Balaban J connectivity index is 1.90. The van der Waals surface area contributed by atoms with E-state index in [1.54, 1.807) is 0 Å². The summed E-state index contributed by atoms with van der Waals surface area (Å²) in [5, 5.41) is 7.97. The minimum atomic E-state index is 0.524. The zero-order chi connectivity index (χ0) is 13.9. The van der Waals surface area contributed by atoms with Crippen LogP contribution in [0.2, 0.25) is 0 Å². The van der Waals surface area contributed by atoms with Crippen molar-refractivity contribution in [1.82, 2.24) is 15.1 Å². The molecule has 2 heterocycles. The molecule has 2 unspecified atom stereocenters. The maximum Gasteiger partial charge on any atom is 0.0524 e. The predicted molar refractivity (Wildman–Crippen MR) is 85.0 cm³/mol. The lowest BCUT2D eigenvalue weighted by atomic mass is 9.78. The smallest absolute Gasteiger partial charge is 0.0524 e. The quantitative estimate of drug-likeness (QED) is 0.931. The standard InChI is InChI=1S/C16H20BrN3/c1-2-20-11-13(9-19-20)15-6-7-18-10-16(15)12-4-3-5-14(17)8-12/h3-5,8-9,11,15-16,18H,2,6-7,10H2,1H3. The number of aryl methyl sites for hydroxylation is 1. The van der Waals surface area contributed by atoms with E-state index in [-0.39, 0.29) is 0 Å². The molecule has 1 N–H and O–H groups in total. The number of hydrogen-bond acceptors (Lipinski definition) is 2. The number of piperidine rings is 1. The highest BCUT2D eigenvalue weighted by atomic mass is 79.9. The van der Waals surface area contributed by atoms with Crippen molar-refractivity contribution < 1.29 is 0 Å². The van der Waals surface area contributed by atoms with Crippen molar-refractivity contribution in [1.29, 1.82) is 0 Å². The zero-order valence-corrected chi connectivity index (χ0v) is 13.3. The van der Waals surface area contributed by atoms with Gasteiger partial charge in [-0.3, -0.25) is 4.68 Å². The molecule has 1 aliphatic rings. The van der Waals surface area contributed by atoms with Crippen LogP contribution in [0.25, 0.3) is 0 Å². The molecule has 1 fully saturated rings. The van der Waals surface area contributed by atoms with E-state index in [2.05, 4.69) is 63.7 Å². The number of halogens is 1. The topological polar surface area (TPSA) is 29.9 Å². The van der Waals surface area contributed by atoms with Crippen LogP contribution in [0.4, 0.5) is 0 Å². The fourth-order valence-electron chi connectivity index (χ4n) is 3.09. The predicted octanol–water partition coefficient (Wildman–Crippen LogP) is 3.53. The summed E-state index contributed by atoms with van der Waals surface area (Å²) < 4.78 is 3.18. The van der Waals surface area contributed by atoms with Crippen LogP contribution < -0.4 is 5.32 Å². The average molecular weight is 334 g/mol. The molecule has 1 aromatic heterocycles. The van der Waals surface area contributed by atoms with Gasteiger partial charge in [-0.05, 0) is 49.1 Å². The third kappa shape index (κ3) is 2.81. The van der Waals surface area contributed by atoms with E-state index in [4.69, 9.17) is 0 Å². The summed E-state index contributed by atoms with van der Waals surface area (Å²) in [6.45, 7) is 5.20. The molecule has 0 spiro atoms. The van der Waals surface area contributed by atoms with Gasteiger partial charge in [0.15, 0.2) is 0 Å². The van der Waals surface area contributed by atoms with Gasteiger partial charge >= 0.3 is 0 Å². The molecular formula is C16H20BrN3. The van der Waals surface area contributed by atoms with Gasteiger partial charge in [0, 0.05) is 29.7 Å². The van der Waals surface area contributed by atoms with Crippen molar-refractivity contribution in [3.05, 3.63) is 52.3 Å². The molecule has 1 aliphatic heterocycles. The summed E-state index contributed by atoms with van der Waals surface area (Å²) in [6, 6.07) is 8.69. The Hall–Kier alpha value is -1.13. The molecule has 20 heavy (non-hydrogen) atoms. The molecule has 2 atom stereocenters. The zero-order valence-electron chi connectivity index (χ0n) is 11.7. The summed E-state index contributed by atoms with van der Waals surface area (Å²) in [4.78, 5) is 0. The van der Waals surface area contributed by atoms with Crippen LogP contribution in [0.3, 0.4) is 0 Å². The van der Waals surface area contributed by atoms with Crippen LogP contribution in [-0.4, -0.2) is 22.9 Å². The summed E-state index contributed by atoms with van der Waals surface area (Å²) >= 11 is 3.58. The van der Waals surface area contributed by atoms with Crippen LogP contribution in [0.1, 0.15) is 36.3 Å². The fourth-order valence-corrected chi connectivity index (χ4v) is 3.51. The Kier molecular flexibility index (Phi) is 4.22. The maximum absolute atomic E-state index is 4.44. The van der Waals surface area contributed by atoms with Crippen molar-refractivity contribution in [2.24, 2.45) is 0 Å². The first-order valence-electron chi connectivity index (χ1n) is 7.26. The number of nitrogens with one attached hydrogen (secondary N) is 1. The van der Waals surface area contributed by atoms with Gasteiger partial charge in [0.1, 0.15) is 0 Å². The lowest BCUT2D eigenvalue weighted by Gasteiger charge is -2.32. The molecule has 3 nitrogen and oxygen atoms in total. The van der Waals surface area contributed by atoms with E-state index < -0.39 is 0 Å². The van der Waals surface area contributed by atoms with E-state index >= 15 is 0 Å². The number of aromatic nitrogens is 2. The van der Waals surface area contributed by atoms with Gasteiger partial charge in [-0.1, -0.05) is 28.1 Å². The molecule has 0 bridgehead atoms. The van der Waals surface area contributed by atoms with Gasteiger partial charge in [-0.25, -0.2) is 0 Å². The lowest BCUT2D eigenvalue weighted by Crippen LogP contribution is -2.33. The summed E-state index contributed by atoms with van der Waals surface area (Å²) in [5.74, 6) is 1.08. The number of rotatable bonds is 3. The molecule has 0 aliphatic carbocycles. The molecule has 1 saturated heterocycles. The van der Waals surface area contributed by atoms with E-state index in [9.17, 15) is 0 Å². The van der Waals surface area contributed by atoms with Gasteiger partial charge in [0.25, 0.3) is 0 Å². The highest BCUT2D eigenvalue weighted by Crippen LogP contribution is 2.37. The van der Waals surface area contributed by atoms with Gasteiger partial charge < -0.3 is 5.32 Å². The second-order valence-corrected chi connectivity index (χ2v) is 6.31. The largest absolute Gasteiger partial charge is 0.316 e. The van der Waals surface area contributed by atoms with Gasteiger partial charge in [0.05, 0.1) is 6.20 Å². The molecule has 0 amide bonds. The van der Waals surface area contributed by atoms with Crippen molar-refractivity contribution in [3.8, 4) is 0 Å². The first kappa shape index (κ1) is 13.8. The third-order valence-electron chi connectivity index (χ3n) is 4.16. The highest BCUT2D eigenvalue weighted by Gasteiger charge is 2.28. The Morgan fingerprint density at radius 3 is 3.00 bits per heavy atom. The number of benzene rings is 1. The maximum atomic E-state index is 4.44. The molecular weight excluding hydrogens is 314 g/mol. The summed E-state index contributed by atoms with van der Waals surface area (Å²) in [5.41, 5.74) is 2.78. The van der Waals surface area contributed by atoms with Gasteiger partial charge in [-0.2, -0.15) is 5.10 Å². The van der Waals surface area contributed by atoms with Crippen molar-refractivity contribution in [3.63, 3.8) is 0 Å². The first-order valence-corrected chi connectivity index (χ1v) is 8.05. The minimum Gasteiger partial charge on any atom is -0.316 e. The first-order chi connectivity index (χ1) is 9.78. The van der Waals surface area contributed by atoms with E-state index in [0.717, 1.165) is 24.1 Å². The SMILES string of the molecule is CCn1cc(C2CCNCC2c2cccc(Br)c2)cn1. The molecule has 2 aromatic rings. The number of hydrogen-bond donors (Lipinski definition) is 1. The molecule has 0 radical (unpaired) electrons. The number of nitrogens with zero attached hydrogens (tertiary/aromatic N) is 2. The van der Waals surface area contributed by atoms with Crippen LogP contribution in [-0.2, 0) is 6.54 Å². The van der Waals surface area contributed by atoms with Crippen LogP contribution in [0, 0.1) is 0 Å². The Morgan fingerprint density at radius 2 is 2.25 bits per heavy atom. The van der Waals surface area contributed by atoms with E-state index in [1.807, 2.05) is 10.9 Å². The monoisotopic (exact) mass is 333 g/mol. The van der Waals surface area contributed by atoms with Gasteiger partial charge in [0.2, 0.25) is 0 Å². The van der Waals surface area contributed by atoms with E-state index in [1.165, 1.54) is 17.5 Å². The lowest BCUT2D eigenvalue weighted by molar-refractivity contribution is 0.404. The normalized spacial score (nSPS) is 22.9. The second kappa shape index (κ2) is 6.10. The Bertz CT molecular complexity index is 579. The van der Waals surface area contributed by atoms with Gasteiger partial charge in [-0.15, -0.1) is 0 Å². The van der Waals surface area contributed by atoms with Crippen LogP contribution in [0.15, 0.2) is 41.1 Å². The summed E-state index contributed by atoms with van der Waals surface area (Å²) in [6.07, 6.45) is 5.43. The summed E-state index contributed by atoms with van der Waals surface area (Å²) in [7, 11) is 0. The molecule has 1 aromatic carbocycles. The fraction of sp³-hybridized carbons (Fsp3) is 0.438. The third-order valence-corrected chi connectivity index (χ3v) is 4.66. The Morgan fingerprint density at radius 1 is 1.35 bits per heavy atom. The minimum absolute atomic E-state index is 0.524. The Labute approximate surface area is 128 Å². The molecule has 0 saturated carbocycles. The van der Waals surface area contributed by atoms with Crippen molar-refractivity contribution in [2.45, 2.75) is 31.7 Å². The van der Waals surface area contributed by atoms with Crippen LogP contribution in [0.5, 0.6) is 0 Å². The van der Waals surface area contributed by atoms with Crippen molar-refractivity contribution in [2.75, 3.05) is 13.1 Å². The molecule has 4 heteroatoms. The van der Waals surface area contributed by atoms with E-state index in [0.29, 0.717) is 11.8 Å².